The van der Waals surface area contributed by atoms with E-state index >= 15 is 0 Å². The fraction of sp³-hybridized carbons (Fsp3) is 0.300. The standard InChI is InChI=1S/C20H23NO3S/c21-19(22)11-10-18(25)12-13-24-14-15-6-8-17(9-7-15)20(23)16-4-2-1-3-5-16/h1-9,18,25H,10-14H2,(H2,21,22). The highest BCUT2D eigenvalue weighted by molar-refractivity contribution is 7.80. The molecule has 25 heavy (non-hydrogen) atoms. The zero-order chi connectivity index (χ0) is 18.1. The third-order valence-corrected chi connectivity index (χ3v) is 4.36. The van der Waals surface area contributed by atoms with Crippen molar-refractivity contribution in [1.29, 1.82) is 0 Å². The smallest absolute Gasteiger partial charge is 0.217 e. The number of thiol groups is 1. The number of hydrogen-bond donors (Lipinski definition) is 2. The van der Waals surface area contributed by atoms with Crippen molar-refractivity contribution in [2.24, 2.45) is 5.73 Å². The Hall–Kier alpha value is -2.11. The normalized spacial score (nSPS) is 11.9. The number of hydrogen-bond acceptors (Lipinski definition) is 4. The molecule has 5 heteroatoms. The Morgan fingerprint density at radius 1 is 0.960 bits per heavy atom. The van der Waals surface area contributed by atoms with Crippen LogP contribution >= 0.6 is 12.6 Å². The van der Waals surface area contributed by atoms with E-state index in [1.54, 1.807) is 0 Å². The summed E-state index contributed by atoms with van der Waals surface area (Å²) in [6, 6.07) is 16.7. The van der Waals surface area contributed by atoms with Gasteiger partial charge < -0.3 is 10.5 Å². The van der Waals surface area contributed by atoms with Gasteiger partial charge in [-0.05, 0) is 18.4 Å². The van der Waals surface area contributed by atoms with Gasteiger partial charge in [0.05, 0.1) is 6.61 Å². The molecule has 1 atom stereocenters. The summed E-state index contributed by atoms with van der Waals surface area (Å²) in [5, 5.41) is 0.110. The van der Waals surface area contributed by atoms with Gasteiger partial charge in [0.15, 0.2) is 5.78 Å². The van der Waals surface area contributed by atoms with Crippen molar-refractivity contribution < 1.29 is 14.3 Å². The van der Waals surface area contributed by atoms with Gasteiger partial charge in [-0.1, -0.05) is 54.6 Å². The number of benzene rings is 2. The summed E-state index contributed by atoms with van der Waals surface area (Å²) in [5.41, 5.74) is 7.47. The number of primary amides is 1. The van der Waals surface area contributed by atoms with Crippen LogP contribution in [0.2, 0.25) is 0 Å². The first-order chi connectivity index (χ1) is 12.1. The summed E-state index contributed by atoms with van der Waals surface area (Å²) in [7, 11) is 0. The molecule has 2 rings (SSSR count). The predicted octanol–water partition coefficient (Wildman–Crippen LogP) is 3.39. The maximum atomic E-state index is 12.3. The lowest BCUT2D eigenvalue weighted by atomic mass is 10.0. The number of rotatable bonds is 10. The Labute approximate surface area is 153 Å². The number of carbonyl (C=O) groups is 2. The van der Waals surface area contributed by atoms with E-state index in [1.165, 1.54) is 0 Å². The topological polar surface area (TPSA) is 69.4 Å². The van der Waals surface area contributed by atoms with Crippen LogP contribution in [0.5, 0.6) is 0 Å². The van der Waals surface area contributed by atoms with Crippen molar-refractivity contribution in [1.82, 2.24) is 0 Å². The second-order valence-corrected chi connectivity index (χ2v) is 6.62. The van der Waals surface area contributed by atoms with E-state index in [-0.39, 0.29) is 16.9 Å². The summed E-state index contributed by atoms with van der Waals surface area (Å²) in [4.78, 5) is 23.0. The molecule has 0 aliphatic rings. The largest absolute Gasteiger partial charge is 0.377 e. The molecule has 0 radical (unpaired) electrons. The monoisotopic (exact) mass is 357 g/mol. The summed E-state index contributed by atoms with van der Waals surface area (Å²) < 4.78 is 5.63. The van der Waals surface area contributed by atoms with Gasteiger partial charge in [-0.3, -0.25) is 9.59 Å². The van der Waals surface area contributed by atoms with Gasteiger partial charge in [-0.25, -0.2) is 0 Å². The Balaban J connectivity index is 1.75. The van der Waals surface area contributed by atoms with Gasteiger partial charge in [0.2, 0.25) is 5.91 Å². The molecule has 132 valence electrons. The van der Waals surface area contributed by atoms with Crippen LogP contribution in [-0.2, 0) is 16.1 Å². The lowest BCUT2D eigenvalue weighted by Crippen LogP contribution is -2.14. The van der Waals surface area contributed by atoms with Gasteiger partial charge in [-0.15, -0.1) is 0 Å². The highest BCUT2D eigenvalue weighted by Gasteiger charge is 2.08. The van der Waals surface area contributed by atoms with Crippen LogP contribution in [0.1, 0.15) is 40.7 Å². The summed E-state index contributed by atoms with van der Waals surface area (Å²) in [5.74, 6) is -0.287. The summed E-state index contributed by atoms with van der Waals surface area (Å²) in [6.07, 6.45) is 1.78. The van der Waals surface area contributed by atoms with Crippen molar-refractivity contribution in [3.05, 3.63) is 71.3 Å². The second-order valence-electron chi connectivity index (χ2n) is 5.89. The van der Waals surface area contributed by atoms with E-state index in [1.807, 2.05) is 54.6 Å². The van der Waals surface area contributed by atoms with Crippen LogP contribution in [0, 0.1) is 0 Å². The number of nitrogens with two attached hydrogens (primary N) is 1. The molecule has 0 fully saturated rings. The first kappa shape index (κ1) is 19.2. The van der Waals surface area contributed by atoms with Crippen LogP contribution in [0.4, 0.5) is 0 Å². The van der Waals surface area contributed by atoms with Gasteiger partial charge in [0, 0.05) is 29.4 Å². The maximum absolute atomic E-state index is 12.3. The van der Waals surface area contributed by atoms with Gasteiger partial charge >= 0.3 is 0 Å². The molecule has 2 N–H and O–H groups in total. The molecule has 0 saturated carbocycles. The van der Waals surface area contributed by atoms with E-state index in [2.05, 4.69) is 12.6 Å². The molecule has 0 bridgehead atoms. The SMILES string of the molecule is NC(=O)CCC(S)CCOCc1ccc(C(=O)c2ccccc2)cc1. The number of amides is 1. The van der Waals surface area contributed by atoms with E-state index < -0.39 is 0 Å². The molecule has 0 aromatic heterocycles. The fourth-order valence-corrected chi connectivity index (χ4v) is 2.61. The molecule has 0 saturated heterocycles. The first-order valence-corrected chi connectivity index (χ1v) is 8.80. The molecule has 1 unspecified atom stereocenters. The molecule has 4 nitrogen and oxygen atoms in total. The highest BCUT2D eigenvalue weighted by Crippen LogP contribution is 2.13. The molecule has 0 aliphatic carbocycles. The van der Waals surface area contributed by atoms with Crippen LogP contribution < -0.4 is 5.73 Å². The Morgan fingerprint density at radius 3 is 2.24 bits per heavy atom. The highest BCUT2D eigenvalue weighted by atomic mass is 32.1. The van der Waals surface area contributed by atoms with E-state index in [0.717, 1.165) is 12.0 Å². The van der Waals surface area contributed by atoms with Crippen LogP contribution in [0.25, 0.3) is 0 Å². The van der Waals surface area contributed by atoms with Crippen molar-refractivity contribution in [2.45, 2.75) is 31.1 Å². The maximum Gasteiger partial charge on any atom is 0.217 e. The van der Waals surface area contributed by atoms with Crippen molar-refractivity contribution in [2.75, 3.05) is 6.61 Å². The van der Waals surface area contributed by atoms with Crippen LogP contribution in [0.15, 0.2) is 54.6 Å². The Bertz CT molecular complexity index is 686. The molecule has 2 aromatic rings. The average Bonchev–Trinajstić information content (AvgIpc) is 2.64. The van der Waals surface area contributed by atoms with Gasteiger partial charge in [0.25, 0.3) is 0 Å². The van der Waals surface area contributed by atoms with Crippen LogP contribution in [-0.4, -0.2) is 23.5 Å². The summed E-state index contributed by atoms with van der Waals surface area (Å²) >= 11 is 4.41. The zero-order valence-corrected chi connectivity index (χ0v) is 15.0. The van der Waals surface area contributed by atoms with E-state index in [4.69, 9.17) is 10.5 Å². The van der Waals surface area contributed by atoms with E-state index in [9.17, 15) is 9.59 Å². The molecular formula is C20H23NO3S. The molecular weight excluding hydrogens is 334 g/mol. The minimum atomic E-state index is -0.301. The fourth-order valence-electron chi connectivity index (χ4n) is 2.37. The van der Waals surface area contributed by atoms with E-state index in [0.29, 0.717) is 37.2 Å². The van der Waals surface area contributed by atoms with Crippen molar-refractivity contribution >= 4 is 24.3 Å². The first-order valence-electron chi connectivity index (χ1n) is 8.29. The Morgan fingerprint density at radius 2 is 1.60 bits per heavy atom. The molecule has 0 heterocycles. The third kappa shape index (κ3) is 6.72. The number of carbonyl (C=O) groups excluding carboxylic acids is 2. The summed E-state index contributed by atoms with van der Waals surface area (Å²) in [6.45, 7) is 1.05. The van der Waals surface area contributed by atoms with Crippen molar-refractivity contribution in [3.8, 4) is 0 Å². The minimum absolute atomic E-state index is 0.0143. The average molecular weight is 357 g/mol. The van der Waals surface area contributed by atoms with Gasteiger partial charge in [-0.2, -0.15) is 12.6 Å². The van der Waals surface area contributed by atoms with Crippen LogP contribution in [0.3, 0.4) is 0 Å². The quantitative estimate of drug-likeness (QED) is 0.389. The Kier molecular flexibility index (Phi) is 7.70. The molecule has 0 spiro atoms. The molecule has 2 aromatic carbocycles. The lowest BCUT2D eigenvalue weighted by Gasteiger charge is -2.10. The number of ether oxygens (including phenoxy) is 1. The zero-order valence-electron chi connectivity index (χ0n) is 14.1. The molecule has 0 aliphatic heterocycles. The minimum Gasteiger partial charge on any atom is -0.377 e. The molecule has 1 amide bonds. The van der Waals surface area contributed by atoms with Gasteiger partial charge in [0.1, 0.15) is 0 Å². The second kappa shape index (κ2) is 10.0. The predicted molar refractivity (Wildman–Crippen MR) is 102 cm³/mol. The lowest BCUT2D eigenvalue weighted by molar-refractivity contribution is -0.118. The number of ketones is 1. The third-order valence-electron chi connectivity index (χ3n) is 3.84. The van der Waals surface area contributed by atoms with Crippen molar-refractivity contribution in [3.63, 3.8) is 0 Å².